The molecule has 1 N–H and O–H groups in total. The maximum atomic E-state index is 11.0. The van der Waals surface area contributed by atoms with Crippen molar-refractivity contribution < 1.29 is 19.1 Å². The normalized spacial score (nSPS) is 13.3. The molecule has 0 radical (unpaired) electrons. The number of hydrogen-bond donors (Lipinski definition) is 1. The molecule has 30 heavy (non-hydrogen) atoms. The number of rotatable bonds is 8. The summed E-state index contributed by atoms with van der Waals surface area (Å²) in [5.74, 6) is 1.61. The zero-order valence-electron chi connectivity index (χ0n) is 17.3. The molecular formula is C23H26N2O4S. The van der Waals surface area contributed by atoms with E-state index in [9.17, 15) is 4.79 Å². The lowest BCUT2D eigenvalue weighted by atomic mass is 10.0. The molecule has 7 heteroatoms. The van der Waals surface area contributed by atoms with Gasteiger partial charge in [-0.25, -0.2) is 4.98 Å². The molecule has 1 aromatic carbocycles. The van der Waals surface area contributed by atoms with Gasteiger partial charge in [-0.05, 0) is 55.8 Å². The first-order valence-electron chi connectivity index (χ1n) is 10.2. The first-order chi connectivity index (χ1) is 14.5. The number of oxazole rings is 1. The average Bonchev–Trinajstić information content (AvgIpc) is 3.32. The molecule has 2 aromatic heterocycles. The van der Waals surface area contributed by atoms with Gasteiger partial charge in [-0.2, -0.15) is 0 Å². The largest absolute Gasteiger partial charge is 0.493 e. The van der Waals surface area contributed by atoms with Crippen molar-refractivity contribution in [2.45, 2.75) is 39.5 Å². The number of aliphatic carboxylic acids is 1. The molecule has 0 saturated carbocycles. The van der Waals surface area contributed by atoms with Crippen LogP contribution in [0.3, 0.4) is 0 Å². The van der Waals surface area contributed by atoms with E-state index in [1.165, 1.54) is 11.1 Å². The average molecular weight is 427 g/mol. The molecular weight excluding hydrogens is 400 g/mol. The fraction of sp³-hybridized carbons (Fsp3) is 0.391. The van der Waals surface area contributed by atoms with Crippen LogP contribution >= 0.6 is 11.3 Å². The van der Waals surface area contributed by atoms with Crippen LogP contribution in [0.1, 0.15) is 35.4 Å². The number of anilines is 1. The topological polar surface area (TPSA) is 75.8 Å². The summed E-state index contributed by atoms with van der Waals surface area (Å²) in [4.78, 5) is 18.8. The molecule has 0 saturated heterocycles. The Morgan fingerprint density at radius 1 is 1.37 bits per heavy atom. The molecule has 3 aromatic rings. The first kappa shape index (κ1) is 20.5. The van der Waals surface area contributed by atoms with E-state index in [-0.39, 0.29) is 6.42 Å². The van der Waals surface area contributed by atoms with Crippen LogP contribution in [0.5, 0.6) is 5.75 Å². The summed E-state index contributed by atoms with van der Waals surface area (Å²) >= 11 is 1.64. The number of carboxylic acid groups (broad SMARTS) is 1. The molecule has 0 unspecified atom stereocenters. The molecule has 3 heterocycles. The zero-order valence-corrected chi connectivity index (χ0v) is 18.1. The van der Waals surface area contributed by atoms with Gasteiger partial charge in [0.05, 0.1) is 23.6 Å². The van der Waals surface area contributed by atoms with Crippen molar-refractivity contribution in [2.75, 3.05) is 24.6 Å². The van der Waals surface area contributed by atoms with Gasteiger partial charge in [0, 0.05) is 30.8 Å². The summed E-state index contributed by atoms with van der Waals surface area (Å²) in [6.45, 7) is 5.93. The Balaban J connectivity index is 1.42. The maximum absolute atomic E-state index is 11.0. The van der Waals surface area contributed by atoms with Gasteiger partial charge >= 0.3 is 5.97 Å². The van der Waals surface area contributed by atoms with E-state index in [2.05, 4.69) is 34.3 Å². The van der Waals surface area contributed by atoms with E-state index in [0.717, 1.165) is 47.2 Å². The van der Waals surface area contributed by atoms with Crippen LogP contribution in [0.4, 0.5) is 5.69 Å². The van der Waals surface area contributed by atoms with Crippen molar-refractivity contribution in [3.8, 4) is 16.5 Å². The molecule has 0 fully saturated rings. The summed E-state index contributed by atoms with van der Waals surface area (Å²) in [6.07, 6.45) is 2.76. The van der Waals surface area contributed by atoms with Crippen LogP contribution in [0.25, 0.3) is 10.8 Å². The standard InChI is InChI=1S/C23H26N2O4S/c1-15-13-21(30-14-15)23-24-18(16(2)29-23)9-12-28-20-7-3-6-19-17(20)5-4-10-25(19)11-8-22(26)27/h3,6-7,13-14H,4-5,8-12H2,1-2H3,(H,26,27). The van der Waals surface area contributed by atoms with E-state index in [1.807, 2.05) is 19.1 Å². The van der Waals surface area contributed by atoms with Gasteiger partial charge < -0.3 is 19.2 Å². The monoisotopic (exact) mass is 426 g/mol. The molecule has 4 rings (SSSR count). The van der Waals surface area contributed by atoms with Crippen LogP contribution in [-0.4, -0.2) is 35.8 Å². The third kappa shape index (κ3) is 4.51. The third-order valence-corrected chi connectivity index (χ3v) is 6.37. The highest BCUT2D eigenvalue weighted by molar-refractivity contribution is 7.13. The summed E-state index contributed by atoms with van der Waals surface area (Å²) in [7, 11) is 0. The minimum absolute atomic E-state index is 0.141. The molecule has 1 aliphatic rings. The number of carbonyl (C=O) groups is 1. The summed E-state index contributed by atoms with van der Waals surface area (Å²) < 4.78 is 12.0. The van der Waals surface area contributed by atoms with E-state index in [4.69, 9.17) is 14.3 Å². The van der Waals surface area contributed by atoms with Crippen molar-refractivity contribution in [3.63, 3.8) is 0 Å². The predicted molar refractivity (Wildman–Crippen MR) is 118 cm³/mol. The lowest BCUT2D eigenvalue weighted by molar-refractivity contribution is -0.136. The van der Waals surface area contributed by atoms with Crippen LogP contribution < -0.4 is 9.64 Å². The lowest BCUT2D eigenvalue weighted by Crippen LogP contribution is -2.31. The van der Waals surface area contributed by atoms with Crippen molar-refractivity contribution in [2.24, 2.45) is 0 Å². The van der Waals surface area contributed by atoms with Crippen LogP contribution in [0.15, 0.2) is 34.1 Å². The fourth-order valence-electron chi connectivity index (χ4n) is 3.83. The summed E-state index contributed by atoms with van der Waals surface area (Å²) in [5, 5.41) is 11.1. The van der Waals surface area contributed by atoms with E-state index in [1.54, 1.807) is 11.3 Å². The zero-order chi connectivity index (χ0) is 21.1. The Kier molecular flexibility index (Phi) is 6.08. The Labute approximate surface area is 180 Å². The Bertz CT molecular complexity index is 1040. The fourth-order valence-corrected chi connectivity index (χ4v) is 4.66. The predicted octanol–water partition coefficient (Wildman–Crippen LogP) is 4.87. The maximum Gasteiger partial charge on any atom is 0.305 e. The molecule has 1 aliphatic heterocycles. The molecule has 6 nitrogen and oxygen atoms in total. The van der Waals surface area contributed by atoms with Crippen molar-refractivity contribution >= 4 is 23.0 Å². The number of aromatic nitrogens is 1. The van der Waals surface area contributed by atoms with E-state index < -0.39 is 5.97 Å². The van der Waals surface area contributed by atoms with Gasteiger partial charge in [0.15, 0.2) is 0 Å². The summed E-state index contributed by atoms with van der Waals surface area (Å²) in [6, 6.07) is 8.11. The van der Waals surface area contributed by atoms with Gasteiger partial charge in [-0.3, -0.25) is 4.79 Å². The first-order valence-corrected chi connectivity index (χ1v) is 11.1. The van der Waals surface area contributed by atoms with Crippen LogP contribution in [0, 0.1) is 13.8 Å². The van der Waals surface area contributed by atoms with Crippen molar-refractivity contribution in [1.82, 2.24) is 4.98 Å². The molecule has 0 amide bonds. The Hall–Kier alpha value is -2.80. The summed E-state index contributed by atoms with van der Waals surface area (Å²) in [5.41, 5.74) is 4.39. The second kappa shape index (κ2) is 8.92. The Morgan fingerprint density at radius 3 is 3.00 bits per heavy atom. The number of hydrogen-bond acceptors (Lipinski definition) is 6. The highest BCUT2D eigenvalue weighted by Gasteiger charge is 2.21. The quantitative estimate of drug-likeness (QED) is 0.554. The van der Waals surface area contributed by atoms with Crippen molar-refractivity contribution in [3.05, 3.63) is 52.2 Å². The number of benzene rings is 1. The highest BCUT2D eigenvalue weighted by Crippen LogP contribution is 2.34. The second-order valence-corrected chi connectivity index (χ2v) is 8.51. The van der Waals surface area contributed by atoms with E-state index in [0.29, 0.717) is 25.5 Å². The number of carboxylic acids is 1. The number of ether oxygens (including phenoxy) is 1. The van der Waals surface area contributed by atoms with E-state index >= 15 is 0 Å². The Morgan fingerprint density at radius 2 is 2.23 bits per heavy atom. The molecule has 0 spiro atoms. The molecule has 0 aliphatic carbocycles. The van der Waals surface area contributed by atoms with Gasteiger partial charge in [0.25, 0.3) is 0 Å². The molecule has 0 atom stereocenters. The number of aryl methyl sites for hydroxylation is 2. The smallest absolute Gasteiger partial charge is 0.305 e. The van der Waals surface area contributed by atoms with Gasteiger partial charge in [0.2, 0.25) is 5.89 Å². The van der Waals surface area contributed by atoms with Crippen LogP contribution in [0.2, 0.25) is 0 Å². The highest BCUT2D eigenvalue weighted by atomic mass is 32.1. The van der Waals surface area contributed by atoms with Gasteiger partial charge in [-0.15, -0.1) is 11.3 Å². The SMILES string of the molecule is Cc1csc(-c2nc(CCOc3cccc4c3CCCN4CCC(=O)O)c(C)o2)c1. The van der Waals surface area contributed by atoms with Gasteiger partial charge in [0.1, 0.15) is 11.5 Å². The number of fused-ring (bicyclic) bond motifs is 1. The minimum atomic E-state index is -0.769. The van der Waals surface area contributed by atoms with Crippen molar-refractivity contribution in [1.29, 1.82) is 0 Å². The third-order valence-electron chi connectivity index (χ3n) is 5.33. The second-order valence-electron chi connectivity index (χ2n) is 7.60. The molecule has 0 bridgehead atoms. The van der Waals surface area contributed by atoms with Crippen LogP contribution in [-0.2, 0) is 17.6 Å². The molecule has 158 valence electrons. The number of thiophene rings is 1. The van der Waals surface area contributed by atoms with Gasteiger partial charge in [-0.1, -0.05) is 6.07 Å². The number of nitrogens with zero attached hydrogens (tertiary/aromatic N) is 2. The minimum Gasteiger partial charge on any atom is -0.493 e. The lowest BCUT2D eigenvalue weighted by Gasteiger charge is -2.32.